The van der Waals surface area contributed by atoms with Gasteiger partial charge in [-0.15, -0.1) is 0 Å². The average Bonchev–Trinajstić information content (AvgIpc) is 3.22. The lowest BCUT2D eigenvalue weighted by Crippen LogP contribution is -2.32. The van der Waals surface area contributed by atoms with Gasteiger partial charge in [-0.2, -0.15) is 0 Å². The highest BCUT2D eigenvalue weighted by Crippen LogP contribution is 2.22. The second-order valence-corrected chi connectivity index (χ2v) is 6.44. The number of nitrogens with zero attached hydrogens (tertiary/aromatic N) is 3. The van der Waals surface area contributed by atoms with Gasteiger partial charge in [0.2, 0.25) is 5.91 Å². The Morgan fingerprint density at radius 2 is 1.61 bits per heavy atom. The fraction of sp³-hybridized carbons (Fsp3) is 0.0870. The fourth-order valence-corrected chi connectivity index (χ4v) is 3.20. The van der Waals surface area contributed by atoms with E-state index in [4.69, 9.17) is 0 Å². The van der Waals surface area contributed by atoms with Crippen molar-refractivity contribution in [3.05, 3.63) is 109 Å². The quantitative estimate of drug-likeness (QED) is 0.562. The fourth-order valence-electron chi connectivity index (χ4n) is 3.20. The summed E-state index contributed by atoms with van der Waals surface area (Å²) in [7, 11) is 0. The summed E-state index contributed by atoms with van der Waals surface area (Å²) >= 11 is 0. The van der Waals surface area contributed by atoms with Gasteiger partial charge in [-0.3, -0.25) is 9.78 Å². The topological polar surface area (TPSA) is 59.8 Å². The lowest BCUT2D eigenvalue weighted by molar-refractivity contribution is -0.122. The average molecular weight is 368 g/mol. The first-order chi connectivity index (χ1) is 13.8. The van der Waals surface area contributed by atoms with Gasteiger partial charge < -0.3 is 9.88 Å². The minimum Gasteiger partial charge on any atom is -0.344 e. The first kappa shape index (κ1) is 17.7. The van der Waals surface area contributed by atoms with E-state index in [1.54, 1.807) is 18.6 Å². The molecule has 1 atom stereocenters. The van der Waals surface area contributed by atoms with Crippen LogP contribution in [0, 0.1) is 0 Å². The molecule has 0 aliphatic heterocycles. The Morgan fingerprint density at radius 1 is 0.893 bits per heavy atom. The van der Waals surface area contributed by atoms with Gasteiger partial charge in [0, 0.05) is 30.4 Å². The molecule has 4 aromatic rings. The van der Waals surface area contributed by atoms with E-state index in [-0.39, 0.29) is 18.5 Å². The Bertz CT molecular complexity index is 990. The van der Waals surface area contributed by atoms with Crippen LogP contribution >= 0.6 is 0 Å². The van der Waals surface area contributed by atoms with E-state index >= 15 is 0 Å². The van der Waals surface area contributed by atoms with Gasteiger partial charge in [0.25, 0.3) is 0 Å². The number of amides is 1. The standard InChI is InChI=1S/C23H20N4O/c28-21(17-27-15-14-25-23(27)19-10-5-2-6-11-19)26-22(18-8-3-1-4-9-18)20-12-7-13-24-16-20/h1-16,22H,17H2,(H,26,28). The molecule has 0 radical (unpaired) electrons. The van der Waals surface area contributed by atoms with Crippen molar-refractivity contribution in [3.8, 4) is 11.4 Å². The molecule has 0 saturated heterocycles. The second kappa shape index (κ2) is 8.31. The molecule has 1 amide bonds. The number of carbonyl (C=O) groups is 1. The summed E-state index contributed by atoms with van der Waals surface area (Å²) in [4.78, 5) is 21.5. The molecule has 2 heterocycles. The van der Waals surface area contributed by atoms with Crippen LogP contribution in [0.25, 0.3) is 11.4 Å². The van der Waals surface area contributed by atoms with Crippen LogP contribution in [-0.4, -0.2) is 20.4 Å². The number of benzene rings is 2. The van der Waals surface area contributed by atoms with Crippen LogP contribution in [0.2, 0.25) is 0 Å². The normalized spacial score (nSPS) is 11.7. The molecule has 2 aromatic carbocycles. The van der Waals surface area contributed by atoms with E-state index in [9.17, 15) is 4.79 Å². The Labute approximate surface area is 163 Å². The molecule has 5 heteroatoms. The molecule has 4 rings (SSSR count). The van der Waals surface area contributed by atoms with Crippen LogP contribution in [0.3, 0.4) is 0 Å². The van der Waals surface area contributed by atoms with E-state index in [0.717, 1.165) is 22.5 Å². The Morgan fingerprint density at radius 3 is 2.32 bits per heavy atom. The summed E-state index contributed by atoms with van der Waals surface area (Å²) in [5.74, 6) is 0.682. The van der Waals surface area contributed by atoms with Gasteiger partial charge in [0.05, 0.1) is 6.04 Å². The number of rotatable bonds is 6. The molecule has 0 spiro atoms. The van der Waals surface area contributed by atoms with Crippen molar-refractivity contribution in [2.24, 2.45) is 0 Å². The lowest BCUT2D eigenvalue weighted by Gasteiger charge is -2.20. The van der Waals surface area contributed by atoms with Crippen LogP contribution in [0.1, 0.15) is 17.2 Å². The molecule has 1 unspecified atom stereocenters. The minimum absolute atomic E-state index is 0.0899. The van der Waals surface area contributed by atoms with Crippen molar-refractivity contribution in [1.82, 2.24) is 19.9 Å². The predicted octanol–water partition coefficient (Wildman–Crippen LogP) is 3.85. The smallest absolute Gasteiger partial charge is 0.240 e. The second-order valence-electron chi connectivity index (χ2n) is 6.44. The van der Waals surface area contributed by atoms with Crippen LogP contribution in [-0.2, 0) is 11.3 Å². The van der Waals surface area contributed by atoms with Gasteiger partial charge in [-0.05, 0) is 17.2 Å². The summed E-state index contributed by atoms with van der Waals surface area (Å²) in [6.07, 6.45) is 7.05. The predicted molar refractivity (Wildman–Crippen MR) is 108 cm³/mol. The third kappa shape index (κ3) is 3.99. The SMILES string of the molecule is O=C(Cn1ccnc1-c1ccccc1)NC(c1ccccc1)c1cccnc1. The highest BCUT2D eigenvalue weighted by molar-refractivity contribution is 5.77. The Balaban J connectivity index is 1.56. The van der Waals surface area contributed by atoms with Crippen molar-refractivity contribution >= 4 is 5.91 Å². The zero-order valence-electron chi connectivity index (χ0n) is 15.3. The van der Waals surface area contributed by atoms with Crippen LogP contribution in [0.5, 0.6) is 0 Å². The van der Waals surface area contributed by atoms with Gasteiger partial charge in [0.1, 0.15) is 12.4 Å². The maximum atomic E-state index is 12.9. The number of imidazole rings is 1. The molecule has 1 N–H and O–H groups in total. The van der Waals surface area contributed by atoms with Gasteiger partial charge in [-0.1, -0.05) is 66.7 Å². The van der Waals surface area contributed by atoms with Gasteiger partial charge >= 0.3 is 0 Å². The van der Waals surface area contributed by atoms with Gasteiger partial charge in [0.15, 0.2) is 0 Å². The number of pyridine rings is 1. The summed E-state index contributed by atoms with van der Waals surface area (Å²) in [6, 6.07) is 23.3. The summed E-state index contributed by atoms with van der Waals surface area (Å²) in [5, 5.41) is 3.14. The molecule has 5 nitrogen and oxygen atoms in total. The Hall–Kier alpha value is -3.73. The monoisotopic (exact) mass is 368 g/mol. The molecule has 0 bridgehead atoms. The van der Waals surface area contributed by atoms with Crippen molar-refractivity contribution in [2.75, 3.05) is 0 Å². The number of aromatic nitrogens is 3. The molecule has 0 aliphatic rings. The third-order valence-electron chi connectivity index (χ3n) is 4.52. The first-order valence-corrected chi connectivity index (χ1v) is 9.12. The maximum absolute atomic E-state index is 12.9. The molecule has 0 saturated carbocycles. The Kier molecular flexibility index (Phi) is 5.24. The number of hydrogen-bond donors (Lipinski definition) is 1. The summed E-state index contributed by atoms with van der Waals surface area (Å²) < 4.78 is 1.86. The molecule has 28 heavy (non-hydrogen) atoms. The van der Waals surface area contributed by atoms with E-state index in [0.29, 0.717) is 0 Å². The first-order valence-electron chi connectivity index (χ1n) is 9.12. The largest absolute Gasteiger partial charge is 0.344 e. The molecule has 2 aromatic heterocycles. The highest BCUT2D eigenvalue weighted by Gasteiger charge is 2.18. The number of carbonyl (C=O) groups excluding carboxylic acids is 1. The van der Waals surface area contributed by atoms with Gasteiger partial charge in [-0.25, -0.2) is 4.98 Å². The van der Waals surface area contributed by atoms with Crippen molar-refractivity contribution < 1.29 is 4.79 Å². The van der Waals surface area contributed by atoms with Crippen LogP contribution in [0.15, 0.2) is 97.6 Å². The van der Waals surface area contributed by atoms with Crippen LogP contribution < -0.4 is 5.32 Å². The molecule has 0 fully saturated rings. The molecular weight excluding hydrogens is 348 g/mol. The third-order valence-corrected chi connectivity index (χ3v) is 4.52. The number of nitrogens with one attached hydrogen (secondary N) is 1. The molecule has 138 valence electrons. The van der Waals surface area contributed by atoms with E-state index < -0.39 is 0 Å². The zero-order valence-corrected chi connectivity index (χ0v) is 15.3. The van der Waals surface area contributed by atoms with E-state index in [1.807, 2.05) is 83.6 Å². The number of hydrogen-bond acceptors (Lipinski definition) is 3. The van der Waals surface area contributed by atoms with Crippen molar-refractivity contribution in [3.63, 3.8) is 0 Å². The highest BCUT2D eigenvalue weighted by atomic mass is 16.2. The van der Waals surface area contributed by atoms with E-state index in [2.05, 4.69) is 15.3 Å². The van der Waals surface area contributed by atoms with Crippen LogP contribution in [0.4, 0.5) is 0 Å². The summed E-state index contributed by atoms with van der Waals surface area (Å²) in [6.45, 7) is 0.188. The maximum Gasteiger partial charge on any atom is 0.240 e. The molecule has 0 aliphatic carbocycles. The van der Waals surface area contributed by atoms with Crippen molar-refractivity contribution in [2.45, 2.75) is 12.6 Å². The zero-order chi connectivity index (χ0) is 19.2. The minimum atomic E-state index is -0.258. The summed E-state index contributed by atoms with van der Waals surface area (Å²) in [5.41, 5.74) is 2.93. The lowest BCUT2D eigenvalue weighted by atomic mass is 10.0. The van der Waals surface area contributed by atoms with E-state index in [1.165, 1.54) is 0 Å². The molecular formula is C23H20N4O. The van der Waals surface area contributed by atoms with Crippen molar-refractivity contribution in [1.29, 1.82) is 0 Å².